The molecule has 0 N–H and O–H groups in total. The lowest BCUT2D eigenvalue weighted by atomic mass is 10.1. The predicted molar refractivity (Wildman–Crippen MR) is 130 cm³/mol. The van der Waals surface area contributed by atoms with Crippen LogP contribution >= 0.6 is 0 Å². The summed E-state index contributed by atoms with van der Waals surface area (Å²) in [6.45, 7) is 2.30. The highest BCUT2D eigenvalue weighted by molar-refractivity contribution is 6.32. The summed E-state index contributed by atoms with van der Waals surface area (Å²) in [4.78, 5) is 13.0. The molecule has 4 aromatic carbocycles. The van der Waals surface area contributed by atoms with Gasteiger partial charge in [0.2, 0.25) is 0 Å². The number of fused-ring (bicyclic) bond motifs is 1. The maximum absolute atomic E-state index is 13.0. The predicted octanol–water partition coefficient (Wildman–Crippen LogP) is 6.22. The van der Waals surface area contributed by atoms with E-state index in [1.54, 1.807) is 0 Å². The molecule has 1 heterocycles. The number of carbonyl (C=O) groups is 1. The van der Waals surface area contributed by atoms with E-state index in [9.17, 15) is 4.79 Å². The molecule has 0 unspecified atom stereocenters. The third kappa shape index (κ3) is 3.91. The molecule has 32 heavy (non-hydrogen) atoms. The van der Waals surface area contributed by atoms with Crippen molar-refractivity contribution < 1.29 is 9.53 Å². The number of hydrazone groups is 1. The number of ether oxygens (including phenoxy) is 1. The minimum absolute atomic E-state index is 0.141. The molecule has 1 amide bonds. The van der Waals surface area contributed by atoms with Gasteiger partial charge in [0, 0.05) is 5.56 Å². The number of anilines is 1. The highest BCUT2D eigenvalue weighted by Gasteiger charge is 2.28. The van der Waals surface area contributed by atoms with Crippen LogP contribution in [-0.4, -0.2) is 11.6 Å². The molecule has 4 aromatic rings. The Morgan fingerprint density at radius 1 is 0.844 bits per heavy atom. The first kappa shape index (κ1) is 19.8. The number of carbonyl (C=O) groups excluding carboxylic acids is 1. The van der Waals surface area contributed by atoms with Crippen LogP contribution in [0.15, 0.2) is 108 Å². The third-order valence-corrected chi connectivity index (χ3v) is 5.49. The average Bonchev–Trinajstić information content (AvgIpc) is 3.12. The zero-order valence-electron chi connectivity index (χ0n) is 17.7. The van der Waals surface area contributed by atoms with Gasteiger partial charge in [-0.05, 0) is 53.6 Å². The maximum atomic E-state index is 13.0. The van der Waals surface area contributed by atoms with Gasteiger partial charge in [-0.15, -0.1) is 0 Å². The molecule has 0 radical (unpaired) electrons. The van der Waals surface area contributed by atoms with Gasteiger partial charge in [0.15, 0.2) is 0 Å². The van der Waals surface area contributed by atoms with Gasteiger partial charge in [0.1, 0.15) is 12.4 Å². The summed E-state index contributed by atoms with van der Waals surface area (Å²) in [6, 6.07) is 31.8. The van der Waals surface area contributed by atoms with Gasteiger partial charge in [-0.1, -0.05) is 72.8 Å². The van der Waals surface area contributed by atoms with Crippen LogP contribution in [0.5, 0.6) is 5.75 Å². The number of hydrogen-bond donors (Lipinski definition) is 0. The molecule has 0 atom stereocenters. The van der Waals surface area contributed by atoms with E-state index in [1.165, 1.54) is 15.8 Å². The van der Waals surface area contributed by atoms with Gasteiger partial charge in [0.05, 0.1) is 17.0 Å². The summed E-state index contributed by atoms with van der Waals surface area (Å²) in [6.07, 6.45) is 1.86. The Morgan fingerprint density at radius 2 is 1.56 bits per heavy atom. The molecule has 5 rings (SSSR count). The summed E-state index contributed by atoms with van der Waals surface area (Å²) < 4.78 is 6.16. The molecule has 0 aliphatic carbocycles. The number of benzene rings is 4. The first-order valence-corrected chi connectivity index (χ1v) is 10.6. The lowest BCUT2D eigenvalue weighted by Crippen LogP contribution is -2.21. The molecule has 0 aromatic heterocycles. The molecule has 0 saturated heterocycles. The van der Waals surface area contributed by atoms with Crippen LogP contribution in [0.1, 0.15) is 18.1 Å². The number of para-hydroxylation sites is 2. The van der Waals surface area contributed by atoms with Crippen molar-refractivity contribution in [2.75, 3.05) is 5.01 Å². The van der Waals surface area contributed by atoms with Crippen LogP contribution in [0.25, 0.3) is 16.8 Å². The Kier molecular flexibility index (Phi) is 5.26. The summed E-state index contributed by atoms with van der Waals surface area (Å²) >= 11 is 0. The summed E-state index contributed by atoms with van der Waals surface area (Å²) in [5.74, 6) is 0.588. The largest absolute Gasteiger partial charge is 0.488 e. The van der Waals surface area contributed by atoms with Crippen LogP contribution in [0, 0.1) is 0 Å². The quantitative estimate of drug-likeness (QED) is 0.361. The Balaban J connectivity index is 1.39. The SMILES string of the molecule is CC1=NN(c2ccccc2)C(=O)/C1=C/c1ccccc1OCc1ccc2ccccc2c1. The monoisotopic (exact) mass is 418 g/mol. The van der Waals surface area contributed by atoms with E-state index in [4.69, 9.17) is 4.74 Å². The third-order valence-electron chi connectivity index (χ3n) is 5.49. The molecular weight excluding hydrogens is 396 g/mol. The van der Waals surface area contributed by atoms with Gasteiger partial charge < -0.3 is 4.74 Å². The Labute approximate surface area is 187 Å². The van der Waals surface area contributed by atoms with Crippen molar-refractivity contribution in [2.24, 2.45) is 5.10 Å². The van der Waals surface area contributed by atoms with Crippen molar-refractivity contribution >= 4 is 34.2 Å². The second kappa shape index (κ2) is 8.52. The van der Waals surface area contributed by atoms with Crippen LogP contribution in [0.3, 0.4) is 0 Å². The molecule has 156 valence electrons. The fourth-order valence-electron chi connectivity index (χ4n) is 3.80. The van der Waals surface area contributed by atoms with Crippen molar-refractivity contribution in [3.05, 3.63) is 114 Å². The standard InChI is InChI=1S/C28H22N2O2/c1-20-26(28(31)30(29-20)25-12-3-2-4-13-25)18-24-11-7-8-14-27(24)32-19-21-15-16-22-9-5-6-10-23(22)17-21/h2-18H,19H2,1H3/b26-18+. The average molecular weight is 418 g/mol. The van der Waals surface area contributed by atoms with Crippen LogP contribution < -0.4 is 9.75 Å². The lowest BCUT2D eigenvalue weighted by molar-refractivity contribution is -0.114. The number of amides is 1. The van der Waals surface area contributed by atoms with Crippen molar-refractivity contribution in [1.29, 1.82) is 0 Å². The van der Waals surface area contributed by atoms with Gasteiger partial charge in [-0.25, -0.2) is 0 Å². The minimum Gasteiger partial charge on any atom is -0.488 e. The van der Waals surface area contributed by atoms with Crippen molar-refractivity contribution in [2.45, 2.75) is 13.5 Å². The topological polar surface area (TPSA) is 41.9 Å². The lowest BCUT2D eigenvalue weighted by Gasteiger charge is -2.12. The molecule has 0 fully saturated rings. The molecule has 1 aliphatic heterocycles. The molecule has 0 spiro atoms. The first-order valence-electron chi connectivity index (χ1n) is 10.6. The second-order valence-corrected chi connectivity index (χ2v) is 7.70. The summed E-state index contributed by atoms with van der Waals surface area (Å²) in [5.41, 5.74) is 3.94. The fraction of sp³-hybridized carbons (Fsp3) is 0.0714. The zero-order valence-corrected chi connectivity index (χ0v) is 17.7. The normalized spacial score (nSPS) is 14.8. The smallest absolute Gasteiger partial charge is 0.280 e. The molecular formula is C28H22N2O2. The highest BCUT2D eigenvalue weighted by atomic mass is 16.5. The van der Waals surface area contributed by atoms with E-state index < -0.39 is 0 Å². The van der Waals surface area contributed by atoms with E-state index in [-0.39, 0.29) is 5.91 Å². The molecule has 0 saturated carbocycles. The minimum atomic E-state index is -0.141. The van der Waals surface area contributed by atoms with E-state index in [0.717, 1.165) is 22.6 Å². The van der Waals surface area contributed by atoms with Crippen LogP contribution in [0.4, 0.5) is 5.69 Å². The number of hydrogen-bond acceptors (Lipinski definition) is 3. The van der Waals surface area contributed by atoms with Gasteiger partial charge >= 0.3 is 0 Å². The molecule has 0 bridgehead atoms. The molecule has 1 aliphatic rings. The Morgan fingerprint density at radius 3 is 2.41 bits per heavy atom. The van der Waals surface area contributed by atoms with Crippen LogP contribution in [-0.2, 0) is 11.4 Å². The first-order chi connectivity index (χ1) is 15.7. The van der Waals surface area contributed by atoms with Gasteiger partial charge in [0.25, 0.3) is 5.91 Å². The molecule has 4 nitrogen and oxygen atoms in total. The van der Waals surface area contributed by atoms with Gasteiger partial charge in [-0.3, -0.25) is 4.79 Å². The maximum Gasteiger partial charge on any atom is 0.280 e. The van der Waals surface area contributed by atoms with Crippen molar-refractivity contribution in [3.8, 4) is 5.75 Å². The van der Waals surface area contributed by atoms with Gasteiger partial charge in [-0.2, -0.15) is 10.1 Å². The van der Waals surface area contributed by atoms with E-state index in [2.05, 4.69) is 35.4 Å². The van der Waals surface area contributed by atoms with Crippen molar-refractivity contribution in [3.63, 3.8) is 0 Å². The summed E-state index contributed by atoms with van der Waals surface area (Å²) in [5, 5.41) is 8.30. The number of nitrogens with zero attached hydrogens (tertiary/aromatic N) is 2. The Bertz CT molecular complexity index is 1360. The van der Waals surface area contributed by atoms with E-state index >= 15 is 0 Å². The fourth-order valence-corrected chi connectivity index (χ4v) is 3.80. The van der Waals surface area contributed by atoms with E-state index in [1.807, 2.05) is 79.7 Å². The van der Waals surface area contributed by atoms with Crippen molar-refractivity contribution in [1.82, 2.24) is 0 Å². The highest BCUT2D eigenvalue weighted by Crippen LogP contribution is 2.28. The summed E-state index contributed by atoms with van der Waals surface area (Å²) in [7, 11) is 0. The second-order valence-electron chi connectivity index (χ2n) is 7.70. The number of rotatable bonds is 5. The van der Waals surface area contributed by atoms with E-state index in [0.29, 0.717) is 17.9 Å². The Hall–Kier alpha value is -4.18. The zero-order chi connectivity index (χ0) is 21.9. The molecule has 4 heteroatoms. The van der Waals surface area contributed by atoms with Crippen LogP contribution in [0.2, 0.25) is 0 Å².